The molecule has 8 aromatic carbocycles. The molecule has 0 radical (unpaired) electrons. The van der Waals surface area contributed by atoms with Crippen LogP contribution in [0.15, 0.2) is 193 Å². The Balaban J connectivity index is 0.000000198. The lowest BCUT2D eigenvalue weighted by Crippen LogP contribution is -2.24. The molecule has 3 N–H and O–H groups in total. The Labute approximate surface area is 774 Å². The molecule has 0 atom stereocenters. The van der Waals surface area contributed by atoms with Gasteiger partial charge in [0.2, 0.25) is 0 Å². The predicted molar refractivity (Wildman–Crippen MR) is 503 cm³/mol. The van der Waals surface area contributed by atoms with Crippen LogP contribution >= 0.6 is 15.9 Å². The molecule has 132 heavy (non-hydrogen) atoms. The number of oxime groups is 1. The van der Waals surface area contributed by atoms with Crippen LogP contribution in [0.4, 0.5) is 17.6 Å². The standard InChI is InChI=1S/C26H28FN3O4.C26H32FN3O3.C26H27FN2O4.C24H24BrFN2O4/c1-6-22-23(15-28-32)30(25(29-22)33-7-2)16-18-13-12-17(14-21(18)27)19-10-8-9-11-20(19)24(31)34-26(3,4)5;1-6-22-23(15-28)30(25(29-22)32-7-2)16-18-13-12-17(14-21(18)27)19-10-8-9-11-20(19)24(31)33-26(3,4)5;1-6-22-23(16-30)29(25(28-22)32-7-2)15-18-13-12-17(14-21(18)27)19-10-8-9-11-20(19)24(31)33-26(3,4)5;1-5-31-23-27-21(25)20(14-29)28(23)13-16-11-10-15(12-19(16)26)17-8-6-7-9-18(17)22(30)32-24(2,3)4/h6,8-15,32H,1,7,16H2,2-5H3;8-14H,6-7,15-16,28H2,1-5H3;6,8-14,16H,1,7,15H2,2-5H3;6-12,14H,5,13H2,1-4H3/b28-15-;;;. The number of aldehydes is 2. The lowest BCUT2D eigenvalue weighted by atomic mass is 9.98. The Hall–Kier alpha value is -13.9. The quantitative estimate of drug-likeness (QED) is 0.00775. The van der Waals surface area contributed by atoms with Crippen LogP contribution in [-0.4, -0.2) is 135 Å². The zero-order chi connectivity index (χ0) is 96.7. The summed E-state index contributed by atoms with van der Waals surface area (Å²) >= 11 is 3.23. The number of carbonyl (C=O) groups is 6. The third-order valence-electron chi connectivity index (χ3n) is 19.4. The number of esters is 4. The molecule has 4 aromatic heterocycles. The fraction of sp³-hybridized carbons (Fsp3) is 0.304. The van der Waals surface area contributed by atoms with Crippen molar-refractivity contribution in [2.45, 2.75) is 179 Å². The van der Waals surface area contributed by atoms with Gasteiger partial charge in [-0.1, -0.05) is 147 Å². The molecule has 0 saturated heterocycles. The molecule has 694 valence electrons. The number of ether oxygens (including phenoxy) is 8. The normalized spacial score (nSPS) is 11.4. The fourth-order valence-corrected chi connectivity index (χ4v) is 14.2. The van der Waals surface area contributed by atoms with Gasteiger partial charge in [0, 0.05) is 28.8 Å². The largest absolute Gasteiger partial charge is 0.465 e. The first-order chi connectivity index (χ1) is 62.7. The van der Waals surface area contributed by atoms with Gasteiger partial charge >= 0.3 is 23.9 Å². The van der Waals surface area contributed by atoms with Crippen molar-refractivity contribution < 1.29 is 89.4 Å². The van der Waals surface area contributed by atoms with Crippen LogP contribution in [0.2, 0.25) is 0 Å². The Morgan fingerprint density at radius 3 is 0.947 bits per heavy atom. The molecule has 0 aliphatic rings. The number of nitrogens with zero attached hydrogens (tertiary/aromatic N) is 9. The molecular weight excluding hydrogens is 1760 g/mol. The summed E-state index contributed by atoms with van der Waals surface area (Å²) < 4.78 is 112. The van der Waals surface area contributed by atoms with Crippen molar-refractivity contribution in [1.29, 1.82) is 0 Å². The van der Waals surface area contributed by atoms with Gasteiger partial charge in [-0.15, -0.1) is 0 Å². The van der Waals surface area contributed by atoms with Gasteiger partial charge in [0.05, 0.1) is 110 Å². The number of aryl methyl sites for hydroxylation is 1. The van der Waals surface area contributed by atoms with E-state index in [0.29, 0.717) is 162 Å². The highest BCUT2D eigenvalue weighted by atomic mass is 79.9. The number of imidazole rings is 4. The number of aromatic nitrogens is 8. The van der Waals surface area contributed by atoms with E-state index in [0.717, 1.165) is 11.4 Å². The number of benzene rings is 8. The van der Waals surface area contributed by atoms with Crippen LogP contribution in [-0.2, 0) is 58.1 Å². The van der Waals surface area contributed by atoms with E-state index in [1.165, 1.54) is 51.8 Å². The summed E-state index contributed by atoms with van der Waals surface area (Å²) in [5.41, 5.74) is 14.4. The number of rotatable bonds is 31. The van der Waals surface area contributed by atoms with Crippen molar-refractivity contribution >= 4 is 70.7 Å². The molecule has 0 amide bonds. The minimum absolute atomic E-state index is 0.0457. The van der Waals surface area contributed by atoms with Crippen molar-refractivity contribution in [3.05, 3.63) is 295 Å². The minimum Gasteiger partial charge on any atom is -0.465 e. The van der Waals surface area contributed by atoms with Crippen molar-refractivity contribution in [2.75, 3.05) is 26.4 Å². The van der Waals surface area contributed by atoms with Crippen molar-refractivity contribution in [3.63, 3.8) is 0 Å². The summed E-state index contributed by atoms with van der Waals surface area (Å²) in [4.78, 5) is 91.1. The lowest BCUT2D eigenvalue weighted by Gasteiger charge is -2.20. The van der Waals surface area contributed by atoms with Crippen LogP contribution in [0, 0.1) is 23.3 Å². The van der Waals surface area contributed by atoms with Crippen molar-refractivity contribution in [2.24, 2.45) is 10.9 Å². The zero-order valence-corrected chi connectivity index (χ0v) is 78.8. The molecule has 0 aliphatic carbocycles. The summed E-state index contributed by atoms with van der Waals surface area (Å²) in [7, 11) is 0. The van der Waals surface area contributed by atoms with Gasteiger partial charge in [-0.05, 0) is 238 Å². The van der Waals surface area contributed by atoms with Gasteiger partial charge in [0.1, 0.15) is 61.7 Å². The van der Waals surface area contributed by atoms with Gasteiger partial charge < -0.3 is 48.8 Å². The summed E-state index contributed by atoms with van der Waals surface area (Å²) in [6.07, 6.45) is 6.16. The number of hydrogen-bond acceptors (Lipinski definition) is 21. The highest BCUT2D eigenvalue weighted by Crippen LogP contribution is 2.36. The summed E-state index contributed by atoms with van der Waals surface area (Å²) in [5, 5.41) is 12.2. The van der Waals surface area contributed by atoms with Gasteiger partial charge in [-0.25, -0.2) is 36.7 Å². The van der Waals surface area contributed by atoms with Crippen LogP contribution in [0.5, 0.6) is 24.0 Å². The second kappa shape index (κ2) is 45.6. The van der Waals surface area contributed by atoms with E-state index in [1.54, 1.807) is 214 Å². The smallest absolute Gasteiger partial charge is 0.339 e. The maximum atomic E-state index is 15.3. The average molecular weight is 1870 g/mol. The van der Waals surface area contributed by atoms with E-state index in [4.69, 9.17) is 48.8 Å². The van der Waals surface area contributed by atoms with Crippen molar-refractivity contribution in [3.8, 4) is 68.5 Å². The van der Waals surface area contributed by atoms with Gasteiger partial charge in [-0.2, -0.15) is 19.9 Å². The third-order valence-corrected chi connectivity index (χ3v) is 20.0. The predicted octanol–water partition coefficient (Wildman–Crippen LogP) is 21.9. The van der Waals surface area contributed by atoms with Gasteiger partial charge in [0.15, 0.2) is 12.6 Å². The molecule has 0 fully saturated rings. The van der Waals surface area contributed by atoms with Crippen LogP contribution in [0.1, 0.15) is 231 Å². The monoisotopic (exact) mass is 1870 g/mol. The molecule has 0 saturated carbocycles. The second-order valence-electron chi connectivity index (χ2n) is 33.6. The highest BCUT2D eigenvalue weighted by molar-refractivity contribution is 9.10. The average Bonchev–Trinajstić information content (AvgIpc) is 1.68. The second-order valence-corrected chi connectivity index (χ2v) is 34.4. The van der Waals surface area contributed by atoms with Gasteiger partial charge in [-0.3, -0.25) is 27.9 Å². The summed E-state index contributed by atoms with van der Waals surface area (Å²) in [6.45, 7) is 40.4. The first-order valence-corrected chi connectivity index (χ1v) is 43.5. The maximum absolute atomic E-state index is 15.3. The Morgan fingerprint density at radius 1 is 0.409 bits per heavy atom. The zero-order valence-electron chi connectivity index (χ0n) is 77.2. The molecule has 0 aliphatic heterocycles. The van der Waals surface area contributed by atoms with E-state index >= 15 is 17.6 Å². The summed E-state index contributed by atoms with van der Waals surface area (Å²) in [5.74, 6) is -3.69. The number of halogens is 5. The van der Waals surface area contributed by atoms with Crippen LogP contribution in [0.25, 0.3) is 56.7 Å². The highest BCUT2D eigenvalue weighted by Gasteiger charge is 2.30. The first kappa shape index (κ1) is 102. The molecule has 25 nitrogen and oxygen atoms in total. The minimum atomic E-state index is -0.651. The lowest BCUT2D eigenvalue weighted by molar-refractivity contribution is 0.00578. The maximum Gasteiger partial charge on any atom is 0.339 e. The van der Waals surface area contributed by atoms with Crippen molar-refractivity contribution in [1.82, 2.24) is 38.2 Å². The topological polar surface area (TPSA) is 306 Å². The number of hydrogen-bond donors (Lipinski definition) is 2. The Kier molecular flexibility index (Phi) is 35.2. The molecule has 0 spiro atoms. The third kappa shape index (κ3) is 26.5. The van der Waals surface area contributed by atoms with Gasteiger partial charge in [0.25, 0.3) is 24.0 Å². The number of nitrogens with two attached hydrogens (primary N) is 1. The first-order valence-electron chi connectivity index (χ1n) is 42.7. The molecule has 4 heterocycles. The van der Waals surface area contributed by atoms with E-state index in [2.05, 4.69) is 54.2 Å². The Bertz CT molecular complexity index is 6180. The molecule has 12 rings (SSSR count). The molecule has 30 heteroatoms. The van der Waals surface area contributed by atoms with Crippen LogP contribution < -0.4 is 24.7 Å². The molecular formula is C102H111BrF4N10O15. The van der Waals surface area contributed by atoms with E-state index in [1.807, 2.05) is 58.2 Å². The van der Waals surface area contributed by atoms with E-state index in [-0.39, 0.29) is 68.0 Å². The molecule has 12 aromatic rings. The molecule has 0 unspecified atom stereocenters. The van der Waals surface area contributed by atoms with E-state index in [9.17, 15) is 28.8 Å². The Morgan fingerprint density at radius 2 is 0.682 bits per heavy atom. The van der Waals surface area contributed by atoms with E-state index < -0.39 is 63.7 Å². The fourth-order valence-electron chi connectivity index (χ4n) is 13.7. The number of carbonyl (C=O) groups excluding carboxylic acids is 6. The molecule has 0 bridgehead atoms. The SMILES string of the molecule is C=Cc1nc(OCC)n(Cc2ccc(-c3ccccc3C(=O)OC(C)(C)C)cc2F)c1/C=N\O.C=Cc1nc(OCC)n(Cc2ccc(-c3ccccc3C(=O)OC(C)(C)C)cc2F)c1C=O.CCOc1nc(Br)c(C=O)n1Cc1ccc(-c2ccccc2C(=O)OC(C)(C)C)cc1F.CCOc1nc(CC)c(CN)n1Cc1ccc(-c2ccccc2C(=O)OC(C)(C)C)cc1F. The summed E-state index contributed by atoms with van der Waals surface area (Å²) in [6, 6.07) is 48.1. The van der Waals surface area contributed by atoms with Crippen LogP contribution in [0.3, 0.4) is 0 Å².